The van der Waals surface area contributed by atoms with Gasteiger partial charge in [-0.05, 0) is 58.1 Å². The van der Waals surface area contributed by atoms with Crippen molar-refractivity contribution >= 4 is 33.0 Å². The molecule has 1 aromatic heterocycles. The zero-order valence-electron chi connectivity index (χ0n) is 14.6. The maximum Gasteiger partial charge on any atom is 0.111 e. The van der Waals surface area contributed by atoms with Crippen LogP contribution >= 0.6 is 22.9 Å². The van der Waals surface area contributed by atoms with Gasteiger partial charge in [0.1, 0.15) is 12.2 Å². The summed E-state index contributed by atoms with van der Waals surface area (Å²) in [6.45, 7) is -0.193. The van der Waals surface area contributed by atoms with Crippen LogP contribution in [0.1, 0.15) is 29.2 Å². The van der Waals surface area contributed by atoms with Gasteiger partial charge in [0.15, 0.2) is 0 Å². The number of ether oxygens (including phenoxy) is 1. The van der Waals surface area contributed by atoms with Crippen molar-refractivity contribution in [1.82, 2.24) is 0 Å². The number of hydrogen-bond acceptors (Lipinski definition) is 5. The SMILES string of the molecule is OCC1CC(O)C(O)C(c2ccc(Cl)c(Cc3ccc4sccc4c3)c2)O1. The molecule has 142 valence electrons. The van der Waals surface area contributed by atoms with Crippen LogP contribution in [0, 0.1) is 0 Å². The Morgan fingerprint density at radius 2 is 1.96 bits per heavy atom. The number of halogens is 1. The highest BCUT2D eigenvalue weighted by molar-refractivity contribution is 7.17. The van der Waals surface area contributed by atoms with E-state index in [4.69, 9.17) is 16.3 Å². The van der Waals surface area contributed by atoms with Gasteiger partial charge < -0.3 is 20.1 Å². The first-order chi connectivity index (χ1) is 13.0. The van der Waals surface area contributed by atoms with Gasteiger partial charge in [-0.25, -0.2) is 0 Å². The quantitative estimate of drug-likeness (QED) is 0.620. The molecule has 1 aliphatic heterocycles. The molecule has 3 N–H and O–H groups in total. The molecular weight excluding hydrogens is 384 g/mol. The van der Waals surface area contributed by atoms with Crippen molar-refractivity contribution in [1.29, 1.82) is 0 Å². The van der Waals surface area contributed by atoms with Crippen LogP contribution in [0.2, 0.25) is 5.02 Å². The minimum absolute atomic E-state index is 0.193. The third-order valence-electron chi connectivity index (χ3n) is 5.06. The van der Waals surface area contributed by atoms with E-state index in [1.165, 1.54) is 10.1 Å². The molecule has 2 aromatic carbocycles. The highest BCUT2D eigenvalue weighted by Gasteiger charge is 2.37. The monoisotopic (exact) mass is 404 g/mol. The highest BCUT2D eigenvalue weighted by atomic mass is 35.5. The van der Waals surface area contributed by atoms with Gasteiger partial charge in [-0.2, -0.15) is 0 Å². The second kappa shape index (κ2) is 7.87. The molecule has 4 unspecified atom stereocenters. The second-order valence-corrected chi connectivity index (χ2v) is 8.33. The Morgan fingerprint density at radius 1 is 1.11 bits per heavy atom. The highest BCUT2D eigenvalue weighted by Crippen LogP contribution is 2.34. The molecule has 27 heavy (non-hydrogen) atoms. The Balaban J connectivity index is 1.62. The second-order valence-electron chi connectivity index (χ2n) is 6.98. The summed E-state index contributed by atoms with van der Waals surface area (Å²) in [6, 6.07) is 14.0. The largest absolute Gasteiger partial charge is 0.394 e. The predicted molar refractivity (Wildman–Crippen MR) is 107 cm³/mol. The summed E-state index contributed by atoms with van der Waals surface area (Å²) in [5.41, 5.74) is 2.83. The summed E-state index contributed by atoms with van der Waals surface area (Å²) in [5.74, 6) is 0. The predicted octanol–water partition coefficient (Wildman–Crippen LogP) is 3.69. The lowest BCUT2D eigenvalue weighted by Crippen LogP contribution is -2.44. The van der Waals surface area contributed by atoms with E-state index < -0.39 is 24.4 Å². The van der Waals surface area contributed by atoms with Crippen LogP contribution in [0.15, 0.2) is 47.8 Å². The van der Waals surface area contributed by atoms with Gasteiger partial charge in [-0.15, -0.1) is 11.3 Å². The van der Waals surface area contributed by atoms with Crippen LogP contribution in [0.3, 0.4) is 0 Å². The number of rotatable bonds is 4. The van der Waals surface area contributed by atoms with Gasteiger partial charge in [-0.3, -0.25) is 0 Å². The van der Waals surface area contributed by atoms with Crippen molar-refractivity contribution in [2.24, 2.45) is 0 Å². The van der Waals surface area contributed by atoms with E-state index in [1.54, 1.807) is 23.5 Å². The average Bonchev–Trinajstić information content (AvgIpc) is 3.13. The molecule has 1 fully saturated rings. The van der Waals surface area contributed by atoms with Gasteiger partial charge in [0, 0.05) is 16.1 Å². The fourth-order valence-corrected chi connectivity index (χ4v) is 4.56. The van der Waals surface area contributed by atoms with Crippen LogP contribution in [-0.4, -0.2) is 40.2 Å². The summed E-state index contributed by atoms with van der Waals surface area (Å²) in [5, 5.41) is 33.8. The van der Waals surface area contributed by atoms with Gasteiger partial charge in [0.05, 0.1) is 18.8 Å². The molecular formula is C21H21ClO4S. The first-order valence-electron chi connectivity index (χ1n) is 8.92. The smallest absolute Gasteiger partial charge is 0.111 e. The van der Waals surface area contributed by atoms with Crippen LogP contribution in [-0.2, 0) is 11.2 Å². The van der Waals surface area contributed by atoms with E-state index in [2.05, 4.69) is 29.6 Å². The zero-order chi connectivity index (χ0) is 19.0. The maximum atomic E-state index is 10.4. The van der Waals surface area contributed by atoms with Crippen LogP contribution in [0.4, 0.5) is 0 Å². The molecule has 2 heterocycles. The van der Waals surface area contributed by atoms with Crippen molar-refractivity contribution in [2.75, 3.05) is 6.61 Å². The first kappa shape index (κ1) is 18.9. The number of thiophene rings is 1. The molecule has 4 rings (SSSR count). The molecule has 0 saturated carbocycles. The van der Waals surface area contributed by atoms with E-state index in [0.717, 1.165) is 16.7 Å². The molecule has 3 aromatic rings. The van der Waals surface area contributed by atoms with Crippen molar-refractivity contribution < 1.29 is 20.1 Å². The third kappa shape index (κ3) is 3.90. The number of benzene rings is 2. The molecule has 1 aliphatic rings. The van der Waals surface area contributed by atoms with Crippen molar-refractivity contribution in [3.63, 3.8) is 0 Å². The van der Waals surface area contributed by atoms with Crippen molar-refractivity contribution in [3.8, 4) is 0 Å². The molecule has 0 radical (unpaired) electrons. The van der Waals surface area contributed by atoms with Gasteiger partial charge >= 0.3 is 0 Å². The van der Waals surface area contributed by atoms with E-state index in [-0.39, 0.29) is 13.0 Å². The van der Waals surface area contributed by atoms with Gasteiger partial charge in [0.2, 0.25) is 0 Å². The Morgan fingerprint density at radius 3 is 2.78 bits per heavy atom. The minimum atomic E-state index is -1.04. The summed E-state index contributed by atoms with van der Waals surface area (Å²) >= 11 is 8.13. The summed E-state index contributed by atoms with van der Waals surface area (Å²) in [4.78, 5) is 0. The van der Waals surface area contributed by atoms with Gasteiger partial charge in [0.25, 0.3) is 0 Å². The van der Waals surface area contributed by atoms with Crippen LogP contribution in [0.25, 0.3) is 10.1 Å². The Hall–Kier alpha value is -1.47. The summed E-state index contributed by atoms with van der Waals surface area (Å²) < 4.78 is 7.05. The lowest BCUT2D eigenvalue weighted by Gasteiger charge is -2.37. The molecule has 4 nitrogen and oxygen atoms in total. The Kier molecular flexibility index (Phi) is 5.50. The summed E-state index contributed by atoms with van der Waals surface area (Å²) in [6.07, 6.45) is -2.28. The Bertz CT molecular complexity index is 941. The van der Waals surface area contributed by atoms with Crippen LogP contribution < -0.4 is 0 Å². The molecule has 6 heteroatoms. The van der Waals surface area contributed by atoms with E-state index in [1.807, 2.05) is 6.07 Å². The molecule has 0 aliphatic carbocycles. The fourth-order valence-electron chi connectivity index (χ4n) is 3.60. The van der Waals surface area contributed by atoms with Crippen molar-refractivity contribution in [2.45, 2.75) is 37.3 Å². The first-order valence-corrected chi connectivity index (χ1v) is 10.2. The molecule has 0 bridgehead atoms. The van der Waals surface area contributed by atoms with Crippen LogP contribution in [0.5, 0.6) is 0 Å². The fraction of sp³-hybridized carbons (Fsp3) is 0.333. The standard InChI is InChI=1S/C21H21ClO4S/c22-17-3-2-14(21-20(25)18(24)10-16(11-23)26-21)9-15(17)8-12-1-4-19-13(7-12)5-6-27-19/h1-7,9,16,18,20-21,23-25H,8,10-11H2. The minimum Gasteiger partial charge on any atom is -0.394 e. The average molecular weight is 405 g/mol. The maximum absolute atomic E-state index is 10.4. The molecule has 1 saturated heterocycles. The van der Waals surface area contributed by atoms with E-state index in [9.17, 15) is 15.3 Å². The molecule has 0 amide bonds. The number of fused-ring (bicyclic) bond motifs is 1. The Labute approximate surface area is 166 Å². The lowest BCUT2D eigenvalue weighted by molar-refractivity contribution is -0.179. The van der Waals surface area contributed by atoms with E-state index >= 15 is 0 Å². The topological polar surface area (TPSA) is 69.9 Å². The summed E-state index contributed by atoms with van der Waals surface area (Å²) in [7, 11) is 0. The normalized spacial score (nSPS) is 25.8. The number of aliphatic hydroxyl groups excluding tert-OH is 3. The molecule has 0 spiro atoms. The van der Waals surface area contributed by atoms with E-state index in [0.29, 0.717) is 11.4 Å². The number of aliphatic hydroxyl groups is 3. The zero-order valence-corrected chi connectivity index (χ0v) is 16.2. The third-order valence-corrected chi connectivity index (χ3v) is 6.33. The van der Waals surface area contributed by atoms with Crippen molar-refractivity contribution in [3.05, 3.63) is 69.6 Å². The number of hydrogen-bond donors (Lipinski definition) is 3. The molecule has 4 atom stereocenters. The lowest BCUT2D eigenvalue weighted by atomic mass is 9.91. The van der Waals surface area contributed by atoms with Gasteiger partial charge in [-0.1, -0.05) is 29.8 Å².